The van der Waals surface area contributed by atoms with E-state index in [9.17, 15) is 23.6 Å². The third-order valence-electron chi connectivity index (χ3n) is 3.73. The Labute approximate surface area is 161 Å². The number of phenolic OH excluding ortho intramolecular Hbond substituents is 1. The number of nitrogens with zero attached hydrogens (tertiary/aromatic N) is 2. The van der Waals surface area contributed by atoms with Crippen LogP contribution in [0.5, 0.6) is 5.75 Å². The molecular formula is C19H15N3O5S. The summed E-state index contributed by atoms with van der Waals surface area (Å²) in [6.07, 6.45) is 5.24. The van der Waals surface area contributed by atoms with Gasteiger partial charge >= 0.3 is 5.69 Å². The molecule has 0 atom stereocenters. The first-order valence-corrected chi connectivity index (χ1v) is 9.53. The molecule has 2 aromatic carbocycles. The molecule has 1 aromatic heterocycles. The van der Waals surface area contributed by atoms with Crippen molar-refractivity contribution >= 4 is 33.6 Å². The molecule has 0 bridgehead atoms. The Balaban J connectivity index is 1.84. The molecule has 8 nitrogen and oxygen atoms in total. The summed E-state index contributed by atoms with van der Waals surface area (Å²) in [5.74, 6) is -0.606. The zero-order valence-corrected chi connectivity index (χ0v) is 15.2. The average molecular weight is 397 g/mol. The van der Waals surface area contributed by atoms with Crippen LogP contribution in [0.25, 0.3) is 12.2 Å². The lowest BCUT2D eigenvalue weighted by Gasteiger charge is -2.09. The second-order valence-electron chi connectivity index (χ2n) is 5.73. The predicted octanol–water partition coefficient (Wildman–Crippen LogP) is 3.67. The molecule has 0 saturated carbocycles. The molecule has 0 saturated heterocycles. The number of aromatic hydroxyl groups is 1. The van der Waals surface area contributed by atoms with Gasteiger partial charge in [-0.25, -0.2) is 8.42 Å². The Bertz CT molecular complexity index is 1150. The molecular weight excluding hydrogens is 382 g/mol. The van der Waals surface area contributed by atoms with Gasteiger partial charge in [0.25, 0.3) is 10.0 Å². The number of anilines is 1. The number of benzene rings is 2. The topological polar surface area (TPSA) is 122 Å². The summed E-state index contributed by atoms with van der Waals surface area (Å²) in [6.45, 7) is 0. The molecule has 0 fully saturated rings. The zero-order valence-electron chi connectivity index (χ0n) is 14.4. The molecule has 28 heavy (non-hydrogen) atoms. The minimum Gasteiger partial charge on any atom is -0.502 e. The van der Waals surface area contributed by atoms with Gasteiger partial charge in [0, 0.05) is 18.0 Å². The summed E-state index contributed by atoms with van der Waals surface area (Å²) in [5, 5.41) is 20.4. The number of nitro groups is 1. The summed E-state index contributed by atoms with van der Waals surface area (Å²) in [6, 6.07) is 15.0. The number of nitro benzene ring substituents is 1. The van der Waals surface area contributed by atoms with E-state index in [1.54, 1.807) is 48.7 Å². The number of nitrogens with one attached hydrogen (secondary N) is 1. The average Bonchev–Trinajstić information content (AvgIpc) is 2.67. The van der Waals surface area contributed by atoms with Crippen molar-refractivity contribution in [2.45, 2.75) is 4.90 Å². The van der Waals surface area contributed by atoms with Crippen LogP contribution in [-0.4, -0.2) is 23.4 Å². The second kappa shape index (κ2) is 7.89. The van der Waals surface area contributed by atoms with Gasteiger partial charge in [-0.2, -0.15) is 0 Å². The molecule has 9 heteroatoms. The fourth-order valence-corrected chi connectivity index (χ4v) is 3.46. The van der Waals surface area contributed by atoms with Gasteiger partial charge in [-0.15, -0.1) is 0 Å². The first kappa shape index (κ1) is 19.1. The van der Waals surface area contributed by atoms with Crippen LogP contribution < -0.4 is 4.72 Å². The van der Waals surface area contributed by atoms with E-state index < -0.39 is 26.4 Å². The molecule has 142 valence electrons. The molecule has 0 amide bonds. The molecule has 1 heterocycles. The number of pyridine rings is 1. The summed E-state index contributed by atoms with van der Waals surface area (Å²) >= 11 is 0. The number of hydrogen-bond donors (Lipinski definition) is 2. The van der Waals surface area contributed by atoms with Crippen molar-refractivity contribution in [3.63, 3.8) is 0 Å². The molecule has 0 spiro atoms. The third kappa shape index (κ3) is 4.51. The lowest BCUT2D eigenvalue weighted by atomic mass is 10.2. The minimum atomic E-state index is -4.07. The smallest absolute Gasteiger partial charge is 0.312 e. The monoisotopic (exact) mass is 397 g/mol. The second-order valence-corrected chi connectivity index (χ2v) is 7.41. The van der Waals surface area contributed by atoms with Crippen molar-refractivity contribution in [2.24, 2.45) is 0 Å². The van der Waals surface area contributed by atoms with Crippen LogP contribution >= 0.6 is 0 Å². The Morgan fingerprint density at radius 2 is 1.86 bits per heavy atom. The predicted molar refractivity (Wildman–Crippen MR) is 105 cm³/mol. The molecule has 2 N–H and O–H groups in total. The van der Waals surface area contributed by atoms with Gasteiger partial charge < -0.3 is 5.11 Å². The van der Waals surface area contributed by atoms with E-state index in [0.29, 0.717) is 5.69 Å². The summed E-state index contributed by atoms with van der Waals surface area (Å²) in [4.78, 5) is 13.9. The lowest BCUT2D eigenvalue weighted by Crippen LogP contribution is -2.13. The highest BCUT2D eigenvalue weighted by molar-refractivity contribution is 7.92. The van der Waals surface area contributed by atoms with E-state index in [-0.39, 0.29) is 4.90 Å². The van der Waals surface area contributed by atoms with Gasteiger partial charge in [0.1, 0.15) is 0 Å². The van der Waals surface area contributed by atoms with E-state index >= 15 is 0 Å². The minimum absolute atomic E-state index is 0.291. The van der Waals surface area contributed by atoms with Crippen LogP contribution in [0.15, 0.2) is 71.8 Å². The van der Waals surface area contributed by atoms with E-state index in [2.05, 4.69) is 9.71 Å². The van der Waals surface area contributed by atoms with E-state index in [1.165, 1.54) is 0 Å². The zero-order chi connectivity index (χ0) is 20.1. The maximum absolute atomic E-state index is 12.5. The van der Waals surface area contributed by atoms with Crippen LogP contribution in [0.2, 0.25) is 0 Å². The molecule has 3 rings (SSSR count). The maximum Gasteiger partial charge on any atom is 0.312 e. The van der Waals surface area contributed by atoms with Gasteiger partial charge in [-0.05, 0) is 48.0 Å². The van der Waals surface area contributed by atoms with Crippen LogP contribution in [-0.2, 0) is 10.0 Å². The summed E-state index contributed by atoms with van der Waals surface area (Å²) in [7, 11) is -4.07. The molecule has 3 aromatic rings. The highest BCUT2D eigenvalue weighted by Gasteiger charge is 2.21. The fraction of sp³-hybridized carbons (Fsp3) is 0. The van der Waals surface area contributed by atoms with Gasteiger partial charge in [-0.1, -0.05) is 24.3 Å². The number of sulfonamides is 1. The molecule has 0 unspecified atom stereocenters. The van der Waals surface area contributed by atoms with Crippen molar-refractivity contribution in [1.29, 1.82) is 0 Å². The molecule has 0 radical (unpaired) electrons. The van der Waals surface area contributed by atoms with E-state index in [0.717, 1.165) is 29.5 Å². The summed E-state index contributed by atoms with van der Waals surface area (Å²) in [5.41, 5.74) is 1.10. The van der Waals surface area contributed by atoms with Crippen molar-refractivity contribution in [3.05, 3.63) is 88.2 Å². The largest absolute Gasteiger partial charge is 0.502 e. The SMILES string of the molecule is O=[N+]([O-])c1cc(S(=O)(=O)Nc2cccc(/C=C/c3ccccn3)c2)ccc1O. The fourth-order valence-electron chi connectivity index (χ4n) is 2.39. The maximum atomic E-state index is 12.5. The van der Waals surface area contributed by atoms with Crippen molar-refractivity contribution in [2.75, 3.05) is 4.72 Å². The van der Waals surface area contributed by atoms with E-state index in [4.69, 9.17) is 0 Å². The Kier molecular flexibility index (Phi) is 5.37. The first-order valence-electron chi connectivity index (χ1n) is 8.04. The summed E-state index contributed by atoms with van der Waals surface area (Å²) < 4.78 is 27.4. The molecule has 0 aliphatic rings. The highest BCUT2D eigenvalue weighted by Crippen LogP contribution is 2.29. The standard InChI is InChI=1S/C19H15N3O5S/c23-19-10-9-17(13-18(19)22(24)25)28(26,27)21-16-6-3-4-14(12-16)7-8-15-5-1-2-11-20-15/h1-13,21,23H/b8-7+. The number of aromatic nitrogens is 1. The molecule has 0 aliphatic heterocycles. The first-order chi connectivity index (χ1) is 13.3. The number of hydrogen-bond acceptors (Lipinski definition) is 6. The molecule has 0 aliphatic carbocycles. The van der Waals surface area contributed by atoms with Crippen LogP contribution in [0.1, 0.15) is 11.3 Å². The Hall–Kier alpha value is -3.72. The quantitative estimate of drug-likeness (QED) is 0.483. The van der Waals surface area contributed by atoms with Crippen LogP contribution in [0.3, 0.4) is 0 Å². The Morgan fingerprint density at radius 1 is 1.04 bits per heavy atom. The van der Waals surface area contributed by atoms with Gasteiger partial charge in [0.05, 0.1) is 15.5 Å². The van der Waals surface area contributed by atoms with Crippen molar-refractivity contribution in [1.82, 2.24) is 4.98 Å². The lowest BCUT2D eigenvalue weighted by molar-refractivity contribution is -0.386. The number of phenols is 1. The Morgan fingerprint density at radius 3 is 2.57 bits per heavy atom. The van der Waals surface area contributed by atoms with Crippen LogP contribution in [0, 0.1) is 10.1 Å². The van der Waals surface area contributed by atoms with Crippen LogP contribution in [0.4, 0.5) is 11.4 Å². The van der Waals surface area contributed by atoms with Gasteiger partial charge in [-0.3, -0.25) is 19.8 Å². The van der Waals surface area contributed by atoms with Crippen molar-refractivity contribution < 1.29 is 18.4 Å². The van der Waals surface area contributed by atoms with Gasteiger partial charge in [0.2, 0.25) is 0 Å². The van der Waals surface area contributed by atoms with Crippen molar-refractivity contribution in [3.8, 4) is 5.75 Å². The normalized spacial score (nSPS) is 11.4. The third-order valence-corrected chi connectivity index (χ3v) is 5.11. The highest BCUT2D eigenvalue weighted by atomic mass is 32.2. The van der Waals surface area contributed by atoms with E-state index in [1.807, 2.05) is 12.1 Å². The van der Waals surface area contributed by atoms with Gasteiger partial charge in [0.15, 0.2) is 5.75 Å². The number of rotatable bonds is 6.